The topological polar surface area (TPSA) is 48.0 Å². The highest BCUT2D eigenvalue weighted by molar-refractivity contribution is 7.84. The molecular formula is C24H47NO4SSi. The molecule has 0 spiro atoms. The highest BCUT2D eigenvalue weighted by atomic mass is 32.2. The molecule has 0 saturated carbocycles. The van der Waals surface area contributed by atoms with Gasteiger partial charge in [0.25, 0.3) is 0 Å². The summed E-state index contributed by atoms with van der Waals surface area (Å²) in [6.45, 7) is 28.2. The van der Waals surface area contributed by atoms with Gasteiger partial charge in [0.1, 0.15) is 11.0 Å². The van der Waals surface area contributed by atoms with E-state index in [4.69, 9.17) is 13.9 Å². The van der Waals surface area contributed by atoms with Crippen LogP contribution in [-0.4, -0.2) is 60.3 Å². The summed E-state index contributed by atoms with van der Waals surface area (Å²) in [6.07, 6.45) is 4.90. The molecule has 0 aromatic carbocycles. The van der Waals surface area contributed by atoms with Crippen molar-refractivity contribution in [2.45, 2.75) is 102 Å². The van der Waals surface area contributed by atoms with Gasteiger partial charge in [-0.05, 0) is 63.7 Å². The van der Waals surface area contributed by atoms with Gasteiger partial charge in [0, 0.05) is 19.0 Å². The SMILES string of the molecule is C=CCCN([C@@H](CCC1OCCCO1)C(=C)CO[Si](C)(C)C(C)(C)C)[S@@](=O)C(C)(C)C. The maximum Gasteiger partial charge on any atom is 0.192 e. The van der Waals surface area contributed by atoms with Crippen molar-refractivity contribution in [2.75, 3.05) is 26.4 Å². The minimum Gasteiger partial charge on any atom is -0.413 e. The van der Waals surface area contributed by atoms with Gasteiger partial charge in [-0.25, -0.2) is 8.51 Å². The van der Waals surface area contributed by atoms with Crippen molar-refractivity contribution in [1.29, 1.82) is 0 Å². The molecular weight excluding hydrogens is 426 g/mol. The number of hydrogen-bond donors (Lipinski definition) is 0. The summed E-state index contributed by atoms with van der Waals surface area (Å²) >= 11 is 0. The molecule has 0 aliphatic carbocycles. The van der Waals surface area contributed by atoms with E-state index < -0.39 is 19.3 Å². The molecule has 1 aliphatic rings. The summed E-state index contributed by atoms with van der Waals surface area (Å²) in [6, 6.07) is -0.0705. The van der Waals surface area contributed by atoms with Crippen molar-refractivity contribution < 1.29 is 18.1 Å². The molecule has 0 bridgehead atoms. The summed E-state index contributed by atoms with van der Waals surface area (Å²) in [4.78, 5) is 0. The van der Waals surface area contributed by atoms with Crippen molar-refractivity contribution in [3.8, 4) is 0 Å². The Morgan fingerprint density at radius 3 is 2.29 bits per heavy atom. The molecule has 0 aromatic rings. The molecule has 5 nitrogen and oxygen atoms in total. The van der Waals surface area contributed by atoms with E-state index in [0.717, 1.165) is 44.5 Å². The quantitative estimate of drug-likeness (QED) is 0.265. The summed E-state index contributed by atoms with van der Waals surface area (Å²) in [7, 11) is -3.09. The third-order valence-electron chi connectivity index (χ3n) is 6.11. The van der Waals surface area contributed by atoms with Gasteiger partial charge in [-0.1, -0.05) is 33.4 Å². The minimum absolute atomic E-state index is 0.0705. The Morgan fingerprint density at radius 1 is 1.23 bits per heavy atom. The second kappa shape index (κ2) is 12.2. The summed E-state index contributed by atoms with van der Waals surface area (Å²) in [5, 5.41) is 0.128. The van der Waals surface area contributed by atoms with Crippen LogP contribution in [0, 0.1) is 0 Å². The minimum atomic E-state index is -1.91. The maximum absolute atomic E-state index is 13.5. The molecule has 0 radical (unpaired) electrons. The summed E-state index contributed by atoms with van der Waals surface area (Å²) in [5.74, 6) is 0. The van der Waals surface area contributed by atoms with Gasteiger partial charge < -0.3 is 13.9 Å². The van der Waals surface area contributed by atoms with E-state index in [-0.39, 0.29) is 22.1 Å². The predicted octanol–water partition coefficient (Wildman–Crippen LogP) is 5.82. The lowest BCUT2D eigenvalue weighted by Gasteiger charge is -2.39. The van der Waals surface area contributed by atoms with Crippen LogP contribution in [0.4, 0.5) is 0 Å². The first kappa shape index (κ1) is 28.7. The van der Waals surface area contributed by atoms with Gasteiger partial charge in [0.2, 0.25) is 0 Å². The summed E-state index contributed by atoms with van der Waals surface area (Å²) in [5.41, 5.74) is 0.974. The second-order valence-electron chi connectivity index (χ2n) is 10.9. The third-order valence-corrected chi connectivity index (χ3v) is 12.5. The van der Waals surface area contributed by atoms with Crippen LogP contribution in [0.1, 0.15) is 67.2 Å². The highest BCUT2D eigenvalue weighted by Gasteiger charge is 2.38. The van der Waals surface area contributed by atoms with Crippen molar-refractivity contribution >= 4 is 19.3 Å². The average molecular weight is 474 g/mol. The van der Waals surface area contributed by atoms with Crippen molar-refractivity contribution in [2.24, 2.45) is 0 Å². The van der Waals surface area contributed by atoms with Gasteiger partial charge in [0.05, 0.1) is 24.6 Å². The molecule has 1 aliphatic heterocycles. The van der Waals surface area contributed by atoms with Crippen LogP contribution in [0.25, 0.3) is 0 Å². The average Bonchev–Trinajstić information content (AvgIpc) is 2.67. The van der Waals surface area contributed by atoms with E-state index in [1.54, 1.807) is 0 Å². The van der Waals surface area contributed by atoms with Gasteiger partial charge in [-0.15, -0.1) is 6.58 Å². The largest absolute Gasteiger partial charge is 0.413 e. The molecule has 1 fully saturated rings. The number of hydrogen-bond acceptors (Lipinski definition) is 4. The standard InChI is InChI=1S/C24H47NO4SSi/c1-11-12-16-25(30(26)23(3,4)5)21(14-15-22-27-17-13-18-28-22)20(2)19-29-31(9,10)24(6,7)8/h11,21-22H,1-2,12-19H2,3-10H3/t21-,30-/m0/s1. The van der Waals surface area contributed by atoms with Crippen LogP contribution in [0.5, 0.6) is 0 Å². The van der Waals surface area contributed by atoms with Crippen molar-refractivity contribution in [1.82, 2.24) is 4.31 Å². The zero-order valence-electron chi connectivity index (χ0n) is 21.3. The molecule has 0 N–H and O–H groups in total. The fourth-order valence-corrected chi connectivity index (χ4v) is 5.50. The van der Waals surface area contributed by atoms with Gasteiger partial charge in [-0.2, -0.15) is 0 Å². The zero-order valence-corrected chi connectivity index (χ0v) is 23.1. The van der Waals surface area contributed by atoms with Crippen LogP contribution < -0.4 is 0 Å². The van der Waals surface area contributed by atoms with E-state index in [2.05, 4.69) is 51.3 Å². The Labute approximate surface area is 195 Å². The van der Waals surface area contributed by atoms with E-state index >= 15 is 0 Å². The lowest BCUT2D eigenvalue weighted by Crippen LogP contribution is -2.47. The lowest BCUT2D eigenvalue weighted by atomic mass is 10.0. The fourth-order valence-electron chi connectivity index (χ4n) is 3.06. The first-order chi connectivity index (χ1) is 14.2. The number of ether oxygens (including phenoxy) is 2. The zero-order chi connectivity index (χ0) is 23.9. The van der Waals surface area contributed by atoms with E-state index in [9.17, 15) is 4.21 Å². The van der Waals surface area contributed by atoms with Crippen LogP contribution in [0.2, 0.25) is 18.1 Å². The molecule has 1 saturated heterocycles. The lowest BCUT2D eigenvalue weighted by molar-refractivity contribution is -0.182. The van der Waals surface area contributed by atoms with Crippen molar-refractivity contribution in [3.63, 3.8) is 0 Å². The van der Waals surface area contributed by atoms with E-state index in [1.807, 2.05) is 26.8 Å². The molecule has 1 heterocycles. The molecule has 7 heteroatoms. The maximum atomic E-state index is 13.5. The van der Waals surface area contributed by atoms with Crippen molar-refractivity contribution in [3.05, 3.63) is 24.8 Å². The molecule has 0 unspecified atom stereocenters. The van der Waals surface area contributed by atoms with Gasteiger partial charge in [-0.3, -0.25) is 0 Å². The van der Waals surface area contributed by atoms with E-state index in [1.165, 1.54) is 0 Å². The van der Waals surface area contributed by atoms with Crippen LogP contribution in [0.15, 0.2) is 24.8 Å². The monoisotopic (exact) mass is 473 g/mol. The highest BCUT2D eigenvalue weighted by Crippen LogP contribution is 2.37. The third kappa shape index (κ3) is 9.22. The smallest absolute Gasteiger partial charge is 0.192 e. The molecule has 0 amide bonds. The molecule has 2 atom stereocenters. The van der Waals surface area contributed by atoms with Crippen LogP contribution >= 0.6 is 0 Å². The second-order valence-corrected chi connectivity index (χ2v) is 17.9. The number of rotatable bonds is 12. The Kier molecular flexibility index (Phi) is 11.3. The first-order valence-corrected chi connectivity index (χ1v) is 15.6. The predicted molar refractivity (Wildman–Crippen MR) is 135 cm³/mol. The Morgan fingerprint density at radius 2 is 1.81 bits per heavy atom. The van der Waals surface area contributed by atoms with Gasteiger partial charge in [0.15, 0.2) is 14.6 Å². The molecule has 1 rings (SSSR count). The fraction of sp³-hybridized carbons (Fsp3) is 0.833. The Balaban J connectivity index is 3.06. The summed E-state index contributed by atoms with van der Waals surface area (Å²) < 4.78 is 33.2. The number of nitrogens with zero attached hydrogens (tertiary/aromatic N) is 1. The molecule has 0 aromatic heterocycles. The molecule has 31 heavy (non-hydrogen) atoms. The Bertz CT molecular complexity index is 604. The van der Waals surface area contributed by atoms with Crippen LogP contribution in [0.3, 0.4) is 0 Å². The molecule has 182 valence electrons. The van der Waals surface area contributed by atoms with E-state index in [0.29, 0.717) is 13.2 Å². The van der Waals surface area contributed by atoms with Crippen LogP contribution in [-0.2, 0) is 24.9 Å². The first-order valence-electron chi connectivity index (χ1n) is 11.5. The Hall–Kier alpha value is -0.313. The normalized spacial score (nSPS) is 18.7. The van der Waals surface area contributed by atoms with Gasteiger partial charge >= 0.3 is 0 Å².